The smallest absolute Gasteiger partial charge is 0.408 e. The van der Waals surface area contributed by atoms with E-state index in [9.17, 15) is 18.8 Å². The standard InChI is InChI=1S/C26H41FN4O5/c1-17(28-24(34)36-26(5,6)7)22(32)30-20-11-10-18(27)15-21(20)29-19-9-8-12-31(16-19)13-14-35-23(33)25(2,3)4/h10-11,15,17,19,29H,8-9,12-14,16H2,1-7H3,(H,28,34)(H,30,32)/t17-,19+/m0/s1. The molecule has 1 fully saturated rings. The first-order valence-corrected chi connectivity index (χ1v) is 12.4. The highest BCUT2D eigenvalue weighted by molar-refractivity contribution is 5.98. The van der Waals surface area contributed by atoms with Gasteiger partial charge in [0.2, 0.25) is 5.91 Å². The van der Waals surface area contributed by atoms with Crippen LogP contribution in [-0.4, -0.2) is 66.8 Å². The second kappa shape index (κ2) is 12.4. The zero-order valence-corrected chi connectivity index (χ0v) is 22.5. The lowest BCUT2D eigenvalue weighted by molar-refractivity contribution is -0.153. The van der Waals surface area contributed by atoms with Crippen LogP contribution in [0.4, 0.5) is 20.6 Å². The number of alkyl carbamates (subject to hydrolysis) is 1. The summed E-state index contributed by atoms with van der Waals surface area (Å²) < 4.78 is 24.6. The van der Waals surface area contributed by atoms with Crippen LogP contribution in [0.2, 0.25) is 0 Å². The van der Waals surface area contributed by atoms with Gasteiger partial charge in [0.25, 0.3) is 0 Å². The Morgan fingerprint density at radius 3 is 2.47 bits per heavy atom. The fraction of sp³-hybridized carbons (Fsp3) is 0.654. The van der Waals surface area contributed by atoms with Crippen molar-refractivity contribution in [3.63, 3.8) is 0 Å². The van der Waals surface area contributed by atoms with Crippen LogP contribution in [0, 0.1) is 11.2 Å². The fourth-order valence-corrected chi connectivity index (χ4v) is 3.62. The number of esters is 1. The Bertz CT molecular complexity index is 926. The summed E-state index contributed by atoms with van der Waals surface area (Å²) in [6.07, 6.45) is 1.11. The van der Waals surface area contributed by atoms with E-state index in [4.69, 9.17) is 9.47 Å². The van der Waals surface area contributed by atoms with Crippen LogP contribution in [0.1, 0.15) is 61.3 Å². The van der Waals surface area contributed by atoms with Crippen molar-refractivity contribution in [2.45, 2.75) is 79.0 Å². The van der Waals surface area contributed by atoms with E-state index in [-0.39, 0.29) is 12.0 Å². The number of benzene rings is 1. The number of ether oxygens (including phenoxy) is 2. The topological polar surface area (TPSA) is 109 Å². The third-order valence-corrected chi connectivity index (χ3v) is 5.48. The molecule has 1 aliphatic rings. The van der Waals surface area contributed by atoms with Gasteiger partial charge in [-0.15, -0.1) is 0 Å². The second-order valence-electron chi connectivity index (χ2n) is 11.2. The Balaban J connectivity index is 1.96. The van der Waals surface area contributed by atoms with Crippen LogP contribution in [0.3, 0.4) is 0 Å². The van der Waals surface area contributed by atoms with Gasteiger partial charge in [-0.1, -0.05) is 0 Å². The minimum Gasteiger partial charge on any atom is -0.464 e. The van der Waals surface area contributed by atoms with Crippen LogP contribution in [0.15, 0.2) is 18.2 Å². The molecule has 1 aliphatic heterocycles. The van der Waals surface area contributed by atoms with E-state index in [0.29, 0.717) is 31.1 Å². The summed E-state index contributed by atoms with van der Waals surface area (Å²) in [5.74, 6) is -1.12. The van der Waals surface area contributed by atoms with Crippen molar-refractivity contribution in [2.75, 3.05) is 36.9 Å². The second-order valence-corrected chi connectivity index (χ2v) is 11.2. The van der Waals surface area contributed by atoms with Gasteiger partial charge < -0.3 is 25.4 Å². The quantitative estimate of drug-likeness (QED) is 0.453. The zero-order valence-electron chi connectivity index (χ0n) is 22.5. The molecule has 0 saturated carbocycles. The number of likely N-dealkylation sites (tertiary alicyclic amines) is 1. The van der Waals surface area contributed by atoms with Gasteiger partial charge in [0.05, 0.1) is 16.8 Å². The Hall–Kier alpha value is -2.88. The molecule has 1 heterocycles. The molecule has 1 aromatic rings. The molecule has 0 aromatic heterocycles. The van der Waals surface area contributed by atoms with Gasteiger partial charge in [-0.3, -0.25) is 14.5 Å². The molecule has 0 spiro atoms. The van der Waals surface area contributed by atoms with Gasteiger partial charge in [-0.2, -0.15) is 0 Å². The van der Waals surface area contributed by atoms with E-state index in [1.165, 1.54) is 18.2 Å². The van der Waals surface area contributed by atoms with Crippen molar-refractivity contribution in [2.24, 2.45) is 5.41 Å². The monoisotopic (exact) mass is 508 g/mol. The highest BCUT2D eigenvalue weighted by Gasteiger charge is 2.25. The maximum absolute atomic E-state index is 14.1. The van der Waals surface area contributed by atoms with E-state index >= 15 is 0 Å². The predicted molar refractivity (Wildman–Crippen MR) is 137 cm³/mol. The number of carbonyl (C=O) groups is 3. The number of anilines is 2. The maximum Gasteiger partial charge on any atom is 0.408 e. The fourth-order valence-electron chi connectivity index (χ4n) is 3.62. The minimum atomic E-state index is -0.862. The third kappa shape index (κ3) is 10.0. The van der Waals surface area contributed by atoms with E-state index in [2.05, 4.69) is 20.9 Å². The summed E-state index contributed by atoms with van der Waals surface area (Å²) in [5.41, 5.74) is -0.352. The number of rotatable bonds is 8. The first kappa shape index (κ1) is 29.4. The van der Waals surface area contributed by atoms with Crippen LogP contribution in [0.5, 0.6) is 0 Å². The summed E-state index contributed by atoms with van der Waals surface area (Å²) in [5, 5.41) is 8.60. The number of halogens is 1. The number of piperidine rings is 1. The Morgan fingerprint density at radius 1 is 1.14 bits per heavy atom. The Morgan fingerprint density at radius 2 is 1.83 bits per heavy atom. The molecular weight excluding hydrogens is 467 g/mol. The molecule has 202 valence electrons. The summed E-state index contributed by atoms with van der Waals surface area (Å²) in [6.45, 7) is 14.7. The molecular formula is C26H41FN4O5. The largest absolute Gasteiger partial charge is 0.464 e. The number of nitrogens with one attached hydrogen (secondary N) is 3. The van der Waals surface area contributed by atoms with E-state index in [1.54, 1.807) is 27.7 Å². The lowest BCUT2D eigenvalue weighted by Gasteiger charge is -2.34. The highest BCUT2D eigenvalue weighted by Crippen LogP contribution is 2.26. The summed E-state index contributed by atoms with van der Waals surface area (Å²) in [7, 11) is 0. The number of amides is 2. The average Bonchev–Trinajstić information content (AvgIpc) is 2.73. The summed E-state index contributed by atoms with van der Waals surface area (Å²) in [6, 6.07) is 3.25. The van der Waals surface area contributed by atoms with Crippen molar-refractivity contribution < 1.29 is 28.2 Å². The molecule has 10 heteroatoms. The molecule has 3 N–H and O–H groups in total. The van der Waals surface area contributed by atoms with Crippen LogP contribution in [-0.2, 0) is 19.1 Å². The molecule has 2 rings (SSSR count). The van der Waals surface area contributed by atoms with Crippen molar-refractivity contribution in [1.82, 2.24) is 10.2 Å². The summed E-state index contributed by atoms with van der Waals surface area (Å²) in [4.78, 5) is 38.9. The zero-order chi connectivity index (χ0) is 27.1. The van der Waals surface area contributed by atoms with Crippen LogP contribution >= 0.6 is 0 Å². The van der Waals surface area contributed by atoms with Crippen molar-refractivity contribution in [1.29, 1.82) is 0 Å². The van der Waals surface area contributed by atoms with E-state index in [1.807, 2.05) is 20.8 Å². The first-order chi connectivity index (χ1) is 16.6. The molecule has 2 atom stereocenters. The lowest BCUT2D eigenvalue weighted by Crippen LogP contribution is -2.44. The molecule has 36 heavy (non-hydrogen) atoms. The minimum absolute atomic E-state index is 0.0202. The van der Waals surface area contributed by atoms with E-state index < -0.39 is 34.9 Å². The predicted octanol–water partition coefficient (Wildman–Crippen LogP) is 4.14. The first-order valence-electron chi connectivity index (χ1n) is 12.4. The molecule has 0 radical (unpaired) electrons. The average molecular weight is 509 g/mol. The molecule has 0 unspecified atom stereocenters. The number of hydrogen-bond acceptors (Lipinski definition) is 7. The molecule has 0 bridgehead atoms. The van der Waals surface area contributed by atoms with E-state index in [0.717, 1.165) is 19.4 Å². The molecule has 0 aliphatic carbocycles. The molecule has 2 amide bonds. The summed E-state index contributed by atoms with van der Waals surface area (Å²) >= 11 is 0. The molecule has 1 saturated heterocycles. The van der Waals surface area contributed by atoms with Gasteiger partial charge in [0, 0.05) is 19.1 Å². The number of nitrogens with zero attached hydrogens (tertiary/aromatic N) is 1. The van der Waals surface area contributed by atoms with Crippen molar-refractivity contribution in [3.8, 4) is 0 Å². The Kier molecular flexibility index (Phi) is 10.1. The third-order valence-electron chi connectivity index (χ3n) is 5.48. The molecule has 9 nitrogen and oxygen atoms in total. The van der Waals surface area contributed by atoms with Crippen LogP contribution < -0.4 is 16.0 Å². The van der Waals surface area contributed by atoms with Gasteiger partial charge in [-0.25, -0.2) is 9.18 Å². The number of carbonyl (C=O) groups excluding carboxylic acids is 3. The van der Waals surface area contributed by atoms with Gasteiger partial charge in [-0.05, 0) is 86.1 Å². The van der Waals surface area contributed by atoms with Gasteiger partial charge >= 0.3 is 12.1 Å². The van der Waals surface area contributed by atoms with Gasteiger partial charge in [0.15, 0.2) is 0 Å². The molecule has 1 aromatic carbocycles. The number of hydrogen-bond donors (Lipinski definition) is 3. The van der Waals surface area contributed by atoms with Crippen LogP contribution in [0.25, 0.3) is 0 Å². The highest BCUT2D eigenvalue weighted by atomic mass is 19.1. The Labute approximate surface area is 213 Å². The van der Waals surface area contributed by atoms with Crippen molar-refractivity contribution >= 4 is 29.3 Å². The SMILES string of the molecule is C[C@H](NC(=O)OC(C)(C)C)C(=O)Nc1ccc(F)cc1N[C@@H]1CCCN(CCOC(=O)C(C)(C)C)C1. The maximum atomic E-state index is 14.1. The lowest BCUT2D eigenvalue weighted by atomic mass is 9.97. The van der Waals surface area contributed by atoms with Crippen molar-refractivity contribution in [3.05, 3.63) is 24.0 Å². The normalized spacial score (nSPS) is 17.6. The van der Waals surface area contributed by atoms with Gasteiger partial charge in [0.1, 0.15) is 24.1 Å².